The van der Waals surface area contributed by atoms with E-state index in [1.807, 2.05) is 37.3 Å². The highest BCUT2D eigenvalue weighted by Gasteiger charge is 2.06. The minimum Gasteiger partial charge on any atom is -0.361 e. The average molecular weight is 533 g/mol. The van der Waals surface area contributed by atoms with Crippen LogP contribution in [0.15, 0.2) is 59.7 Å². The van der Waals surface area contributed by atoms with Crippen LogP contribution in [0, 0.1) is 0 Å². The van der Waals surface area contributed by atoms with Crippen molar-refractivity contribution in [2.45, 2.75) is 33.2 Å². The standard InChI is InChI=1S/C24H31N5O.HI/c1-3-13-26-23(30)19-9-7-8-18(15-19)16-29-24(25-4-2)27-14-12-20-17-28-22-11-6-5-10-21(20)22;/h5-11,15,17,28H,3-4,12-14,16H2,1-2H3,(H,26,30)(H2,25,27,29);1H. The van der Waals surface area contributed by atoms with Crippen LogP contribution in [0.25, 0.3) is 10.9 Å². The zero-order valence-corrected chi connectivity index (χ0v) is 20.5. The van der Waals surface area contributed by atoms with E-state index in [1.54, 1.807) is 0 Å². The number of fused-ring (bicyclic) bond motifs is 1. The molecule has 2 aromatic carbocycles. The van der Waals surface area contributed by atoms with Crippen molar-refractivity contribution in [3.05, 3.63) is 71.4 Å². The lowest BCUT2D eigenvalue weighted by Crippen LogP contribution is -2.38. The zero-order chi connectivity index (χ0) is 21.2. The Labute approximate surface area is 201 Å². The first kappa shape index (κ1) is 24.7. The third-order valence-electron chi connectivity index (χ3n) is 4.85. The lowest BCUT2D eigenvalue weighted by Gasteiger charge is -2.11. The largest absolute Gasteiger partial charge is 0.361 e. The molecule has 0 aliphatic rings. The van der Waals surface area contributed by atoms with Gasteiger partial charge in [-0.3, -0.25) is 4.79 Å². The number of amides is 1. The van der Waals surface area contributed by atoms with E-state index in [0.717, 1.165) is 43.0 Å². The number of benzene rings is 2. The summed E-state index contributed by atoms with van der Waals surface area (Å²) in [6.07, 6.45) is 3.90. The Morgan fingerprint density at radius 1 is 1.00 bits per heavy atom. The Morgan fingerprint density at radius 3 is 2.65 bits per heavy atom. The normalized spacial score (nSPS) is 11.1. The van der Waals surface area contributed by atoms with Gasteiger partial charge in [0.1, 0.15) is 0 Å². The van der Waals surface area contributed by atoms with Crippen LogP contribution in [0.4, 0.5) is 0 Å². The summed E-state index contributed by atoms with van der Waals surface area (Å²) in [4.78, 5) is 20.2. The number of aromatic amines is 1. The average Bonchev–Trinajstić information content (AvgIpc) is 3.19. The molecular weight excluding hydrogens is 501 g/mol. The van der Waals surface area contributed by atoms with E-state index in [1.165, 1.54) is 10.9 Å². The number of hydrogen-bond donors (Lipinski definition) is 4. The van der Waals surface area contributed by atoms with Crippen molar-refractivity contribution >= 4 is 46.7 Å². The van der Waals surface area contributed by atoms with Crippen LogP contribution >= 0.6 is 24.0 Å². The van der Waals surface area contributed by atoms with Crippen LogP contribution in [0.3, 0.4) is 0 Å². The van der Waals surface area contributed by atoms with Gasteiger partial charge in [0, 0.05) is 42.3 Å². The lowest BCUT2D eigenvalue weighted by molar-refractivity contribution is 0.0953. The van der Waals surface area contributed by atoms with Crippen molar-refractivity contribution in [1.82, 2.24) is 20.9 Å². The van der Waals surface area contributed by atoms with Gasteiger partial charge in [-0.2, -0.15) is 0 Å². The molecule has 0 radical (unpaired) electrons. The number of aromatic nitrogens is 1. The fourth-order valence-corrected chi connectivity index (χ4v) is 3.32. The molecule has 0 fully saturated rings. The van der Waals surface area contributed by atoms with Crippen LogP contribution in [0.1, 0.15) is 41.8 Å². The Balaban J connectivity index is 0.00000341. The van der Waals surface area contributed by atoms with E-state index in [0.29, 0.717) is 18.7 Å². The third-order valence-corrected chi connectivity index (χ3v) is 4.85. The fraction of sp³-hybridized carbons (Fsp3) is 0.333. The summed E-state index contributed by atoms with van der Waals surface area (Å²) >= 11 is 0. The van der Waals surface area contributed by atoms with Crippen LogP contribution < -0.4 is 16.0 Å². The highest BCUT2D eigenvalue weighted by atomic mass is 127. The van der Waals surface area contributed by atoms with Crippen LogP contribution in [0.5, 0.6) is 0 Å². The molecule has 0 spiro atoms. The van der Waals surface area contributed by atoms with Gasteiger partial charge in [-0.05, 0) is 49.1 Å². The lowest BCUT2D eigenvalue weighted by atomic mass is 10.1. The predicted molar refractivity (Wildman–Crippen MR) is 139 cm³/mol. The van der Waals surface area contributed by atoms with Gasteiger partial charge in [0.05, 0.1) is 6.54 Å². The summed E-state index contributed by atoms with van der Waals surface area (Å²) in [7, 11) is 0. The van der Waals surface area contributed by atoms with Gasteiger partial charge in [0.15, 0.2) is 5.96 Å². The van der Waals surface area contributed by atoms with Crippen molar-refractivity contribution in [2.24, 2.45) is 4.99 Å². The molecule has 0 saturated carbocycles. The van der Waals surface area contributed by atoms with E-state index < -0.39 is 0 Å². The number of rotatable bonds is 9. The molecule has 4 N–H and O–H groups in total. The molecule has 31 heavy (non-hydrogen) atoms. The summed E-state index contributed by atoms with van der Waals surface area (Å²) < 4.78 is 0. The first-order valence-electron chi connectivity index (χ1n) is 10.7. The number of nitrogens with zero attached hydrogens (tertiary/aromatic N) is 1. The summed E-state index contributed by atoms with van der Waals surface area (Å²) in [5.41, 5.74) is 4.14. The number of carbonyl (C=O) groups is 1. The topological polar surface area (TPSA) is 81.3 Å². The van der Waals surface area contributed by atoms with Crippen molar-refractivity contribution in [3.8, 4) is 0 Å². The van der Waals surface area contributed by atoms with E-state index in [4.69, 9.17) is 0 Å². The maximum Gasteiger partial charge on any atom is 0.251 e. The van der Waals surface area contributed by atoms with Crippen molar-refractivity contribution in [2.75, 3.05) is 19.6 Å². The molecule has 1 heterocycles. The van der Waals surface area contributed by atoms with Gasteiger partial charge < -0.3 is 20.9 Å². The molecular formula is C24H32IN5O. The van der Waals surface area contributed by atoms with Crippen molar-refractivity contribution in [1.29, 1.82) is 0 Å². The monoisotopic (exact) mass is 533 g/mol. The maximum atomic E-state index is 12.2. The van der Waals surface area contributed by atoms with Crippen LogP contribution in [-0.4, -0.2) is 36.5 Å². The molecule has 0 unspecified atom stereocenters. The van der Waals surface area contributed by atoms with Gasteiger partial charge in [0.2, 0.25) is 0 Å². The molecule has 0 aliphatic heterocycles. The zero-order valence-electron chi connectivity index (χ0n) is 18.2. The molecule has 7 heteroatoms. The quantitative estimate of drug-likeness (QED) is 0.189. The molecule has 1 amide bonds. The molecule has 6 nitrogen and oxygen atoms in total. The Bertz CT molecular complexity index is 998. The number of hydrogen-bond acceptors (Lipinski definition) is 2. The molecule has 0 saturated heterocycles. The van der Waals surface area contributed by atoms with Gasteiger partial charge in [-0.25, -0.2) is 4.99 Å². The molecule has 0 atom stereocenters. The first-order valence-corrected chi connectivity index (χ1v) is 10.7. The van der Waals surface area contributed by atoms with Crippen LogP contribution in [0.2, 0.25) is 0 Å². The second kappa shape index (κ2) is 13.0. The summed E-state index contributed by atoms with van der Waals surface area (Å²) in [5, 5.41) is 10.9. The number of H-pyrrole nitrogens is 1. The Morgan fingerprint density at radius 2 is 1.84 bits per heavy atom. The highest BCUT2D eigenvalue weighted by Crippen LogP contribution is 2.17. The summed E-state index contributed by atoms with van der Waals surface area (Å²) in [6.45, 7) is 6.86. The third kappa shape index (κ3) is 7.27. The van der Waals surface area contributed by atoms with E-state index >= 15 is 0 Å². The van der Waals surface area contributed by atoms with Crippen molar-refractivity contribution < 1.29 is 4.79 Å². The summed E-state index contributed by atoms with van der Waals surface area (Å²) in [6, 6.07) is 16.0. The fourth-order valence-electron chi connectivity index (χ4n) is 3.32. The number of nitrogens with one attached hydrogen (secondary N) is 4. The number of para-hydroxylation sites is 1. The Hall–Kier alpha value is -2.55. The molecule has 3 rings (SSSR count). The van der Waals surface area contributed by atoms with Gasteiger partial charge in [0.25, 0.3) is 5.91 Å². The van der Waals surface area contributed by atoms with Gasteiger partial charge in [-0.1, -0.05) is 37.3 Å². The van der Waals surface area contributed by atoms with E-state index in [2.05, 4.69) is 57.2 Å². The van der Waals surface area contributed by atoms with Crippen LogP contribution in [-0.2, 0) is 13.0 Å². The Kier molecular flexibility index (Phi) is 10.4. The minimum absolute atomic E-state index is 0. The maximum absolute atomic E-state index is 12.2. The van der Waals surface area contributed by atoms with E-state index in [-0.39, 0.29) is 29.9 Å². The molecule has 0 aliphatic carbocycles. The number of carbonyl (C=O) groups excluding carboxylic acids is 1. The van der Waals surface area contributed by atoms with Gasteiger partial charge in [-0.15, -0.1) is 24.0 Å². The number of halogens is 1. The number of aliphatic imine (C=N–C) groups is 1. The number of guanidine groups is 1. The second-order valence-corrected chi connectivity index (χ2v) is 7.19. The molecule has 166 valence electrons. The highest BCUT2D eigenvalue weighted by molar-refractivity contribution is 14.0. The van der Waals surface area contributed by atoms with Gasteiger partial charge >= 0.3 is 0 Å². The molecule has 0 bridgehead atoms. The van der Waals surface area contributed by atoms with E-state index in [9.17, 15) is 4.79 Å². The second-order valence-electron chi connectivity index (χ2n) is 7.19. The molecule has 3 aromatic rings. The molecule has 1 aromatic heterocycles. The first-order chi connectivity index (χ1) is 14.7. The minimum atomic E-state index is -0.0357. The summed E-state index contributed by atoms with van der Waals surface area (Å²) in [5.74, 6) is 0.740. The predicted octanol–water partition coefficient (Wildman–Crippen LogP) is 4.22. The SMILES string of the molecule is CCCNC(=O)c1cccc(CN=C(NCC)NCCc2c[nH]c3ccccc23)c1.I. The van der Waals surface area contributed by atoms with Crippen molar-refractivity contribution in [3.63, 3.8) is 0 Å². The smallest absolute Gasteiger partial charge is 0.251 e.